The van der Waals surface area contributed by atoms with E-state index in [4.69, 9.17) is 0 Å². The molecule has 1 aliphatic heterocycles. The maximum atomic E-state index is 12.4. The third-order valence-corrected chi connectivity index (χ3v) is 4.07. The normalized spacial score (nSPS) is 18.9. The molecule has 1 N–H and O–H groups in total. The molecule has 1 aliphatic rings. The van der Waals surface area contributed by atoms with Gasteiger partial charge in [0.2, 0.25) is 5.95 Å². The SMILES string of the molecule is Cc1ccc(-n2nnnc2NC[C@@H]2CCN(CC(F)(F)F)C2)cc1. The largest absolute Gasteiger partial charge is 0.401 e. The molecule has 0 saturated carbocycles. The Bertz CT molecular complexity index is 667. The van der Waals surface area contributed by atoms with Crippen molar-refractivity contribution in [1.29, 1.82) is 0 Å². The van der Waals surface area contributed by atoms with Gasteiger partial charge in [0.15, 0.2) is 0 Å². The lowest BCUT2D eigenvalue weighted by Gasteiger charge is -2.18. The predicted molar refractivity (Wildman–Crippen MR) is 83.0 cm³/mol. The van der Waals surface area contributed by atoms with E-state index in [9.17, 15) is 13.2 Å². The molecule has 24 heavy (non-hydrogen) atoms. The Hall–Kier alpha value is -2.16. The van der Waals surface area contributed by atoms with Crippen LogP contribution in [0.1, 0.15) is 12.0 Å². The number of halogens is 3. The van der Waals surface area contributed by atoms with E-state index in [2.05, 4.69) is 20.8 Å². The average molecular weight is 340 g/mol. The minimum Gasteiger partial charge on any atom is -0.352 e. The van der Waals surface area contributed by atoms with Crippen molar-refractivity contribution in [3.05, 3.63) is 29.8 Å². The summed E-state index contributed by atoms with van der Waals surface area (Å²) in [6, 6.07) is 7.76. The first-order chi connectivity index (χ1) is 11.4. The molecule has 0 spiro atoms. The third-order valence-electron chi connectivity index (χ3n) is 4.07. The quantitative estimate of drug-likeness (QED) is 0.905. The summed E-state index contributed by atoms with van der Waals surface area (Å²) in [4.78, 5) is 1.44. The van der Waals surface area contributed by atoms with Crippen molar-refractivity contribution in [3.8, 4) is 5.69 Å². The molecule has 0 unspecified atom stereocenters. The lowest BCUT2D eigenvalue weighted by molar-refractivity contribution is -0.143. The van der Waals surface area contributed by atoms with Gasteiger partial charge in [0.1, 0.15) is 0 Å². The van der Waals surface area contributed by atoms with E-state index in [0.717, 1.165) is 17.7 Å². The van der Waals surface area contributed by atoms with Crippen molar-refractivity contribution in [3.63, 3.8) is 0 Å². The van der Waals surface area contributed by atoms with Crippen LogP contribution in [0, 0.1) is 12.8 Å². The van der Waals surface area contributed by atoms with Gasteiger partial charge in [-0.3, -0.25) is 4.90 Å². The summed E-state index contributed by atoms with van der Waals surface area (Å²) in [6.45, 7) is 2.59. The van der Waals surface area contributed by atoms with Gasteiger partial charge < -0.3 is 5.32 Å². The molecular weight excluding hydrogens is 321 g/mol. The van der Waals surface area contributed by atoms with Crippen LogP contribution < -0.4 is 5.32 Å². The van der Waals surface area contributed by atoms with Crippen molar-refractivity contribution in [2.45, 2.75) is 19.5 Å². The second-order valence-electron chi connectivity index (χ2n) is 6.14. The molecule has 0 aliphatic carbocycles. The van der Waals surface area contributed by atoms with Crippen molar-refractivity contribution >= 4 is 5.95 Å². The first kappa shape index (κ1) is 16.7. The fourth-order valence-corrected chi connectivity index (χ4v) is 2.87. The number of aryl methyl sites for hydroxylation is 1. The standard InChI is InChI=1S/C15H19F3N6/c1-11-2-4-13(5-3-11)24-14(20-21-22-24)19-8-12-6-7-23(9-12)10-15(16,17)18/h2-5,12H,6-10H2,1H3,(H,19,20,22)/t12-/m0/s1. The summed E-state index contributed by atoms with van der Waals surface area (Å²) < 4.78 is 38.9. The summed E-state index contributed by atoms with van der Waals surface area (Å²) in [5, 5.41) is 14.7. The number of likely N-dealkylation sites (tertiary alicyclic amines) is 1. The number of hydrogen-bond acceptors (Lipinski definition) is 5. The van der Waals surface area contributed by atoms with Gasteiger partial charge in [-0.1, -0.05) is 22.8 Å². The van der Waals surface area contributed by atoms with Crippen molar-refractivity contribution in [2.24, 2.45) is 5.92 Å². The number of rotatable bonds is 5. The summed E-state index contributed by atoms with van der Waals surface area (Å²) in [7, 11) is 0. The Balaban J connectivity index is 1.57. The minimum atomic E-state index is -4.14. The molecule has 2 aromatic rings. The van der Waals surface area contributed by atoms with E-state index in [1.54, 1.807) is 4.68 Å². The van der Waals surface area contributed by atoms with Crippen LogP contribution >= 0.6 is 0 Å². The highest BCUT2D eigenvalue weighted by atomic mass is 19.4. The number of anilines is 1. The van der Waals surface area contributed by atoms with Crippen molar-refractivity contribution in [1.82, 2.24) is 25.1 Å². The molecule has 1 atom stereocenters. The number of benzene rings is 1. The Morgan fingerprint density at radius 1 is 1.25 bits per heavy atom. The van der Waals surface area contributed by atoms with Gasteiger partial charge in [0.05, 0.1) is 12.2 Å². The predicted octanol–water partition coefficient (Wildman–Crippen LogP) is 2.27. The first-order valence-corrected chi connectivity index (χ1v) is 7.79. The Morgan fingerprint density at radius 2 is 2.00 bits per heavy atom. The lowest BCUT2D eigenvalue weighted by atomic mass is 10.1. The minimum absolute atomic E-state index is 0.149. The smallest absolute Gasteiger partial charge is 0.352 e. The van der Waals surface area contributed by atoms with Crippen LogP contribution in [0.2, 0.25) is 0 Å². The molecular formula is C15H19F3N6. The lowest BCUT2D eigenvalue weighted by Crippen LogP contribution is -2.33. The number of hydrogen-bond donors (Lipinski definition) is 1. The number of nitrogens with one attached hydrogen (secondary N) is 1. The molecule has 0 bridgehead atoms. The summed E-state index contributed by atoms with van der Waals surface area (Å²) >= 11 is 0. The van der Waals surface area contributed by atoms with Gasteiger partial charge in [-0.15, -0.1) is 0 Å². The highest BCUT2D eigenvalue weighted by Gasteiger charge is 2.34. The van der Waals surface area contributed by atoms with E-state index in [1.165, 1.54) is 4.90 Å². The maximum Gasteiger partial charge on any atom is 0.401 e. The van der Waals surface area contributed by atoms with E-state index < -0.39 is 12.7 Å². The number of tetrazole rings is 1. The van der Waals surface area contributed by atoms with Crippen LogP contribution in [0.15, 0.2) is 24.3 Å². The number of nitrogens with zero attached hydrogens (tertiary/aromatic N) is 5. The van der Waals surface area contributed by atoms with E-state index in [0.29, 0.717) is 25.6 Å². The molecule has 1 saturated heterocycles. The Kier molecular flexibility index (Phi) is 4.70. The van der Waals surface area contributed by atoms with Crippen LogP contribution in [0.4, 0.5) is 19.1 Å². The van der Waals surface area contributed by atoms with Crippen LogP contribution in [-0.2, 0) is 0 Å². The molecule has 6 nitrogen and oxygen atoms in total. The molecule has 0 amide bonds. The Morgan fingerprint density at radius 3 is 2.71 bits per heavy atom. The average Bonchev–Trinajstić information content (AvgIpc) is 3.13. The van der Waals surface area contributed by atoms with Gasteiger partial charge in [0, 0.05) is 13.1 Å². The number of aromatic nitrogens is 4. The molecule has 130 valence electrons. The third kappa shape index (κ3) is 4.22. The van der Waals surface area contributed by atoms with Crippen molar-refractivity contribution < 1.29 is 13.2 Å². The maximum absolute atomic E-state index is 12.4. The van der Waals surface area contributed by atoms with Gasteiger partial charge in [-0.05, 0) is 48.4 Å². The monoisotopic (exact) mass is 340 g/mol. The summed E-state index contributed by atoms with van der Waals surface area (Å²) in [6.07, 6.45) is -3.41. The van der Waals surface area contributed by atoms with E-state index >= 15 is 0 Å². The van der Waals surface area contributed by atoms with Crippen LogP contribution in [0.5, 0.6) is 0 Å². The van der Waals surface area contributed by atoms with E-state index in [-0.39, 0.29) is 5.92 Å². The van der Waals surface area contributed by atoms with E-state index in [1.807, 2.05) is 31.2 Å². The second-order valence-corrected chi connectivity index (χ2v) is 6.14. The first-order valence-electron chi connectivity index (χ1n) is 7.79. The highest BCUT2D eigenvalue weighted by molar-refractivity contribution is 5.39. The van der Waals surface area contributed by atoms with Crippen LogP contribution in [-0.4, -0.2) is 57.5 Å². The fourth-order valence-electron chi connectivity index (χ4n) is 2.87. The molecule has 1 aromatic heterocycles. The zero-order chi connectivity index (χ0) is 17.2. The van der Waals surface area contributed by atoms with Crippen LogP contribution in [0.25, 0.3) is 5.69 Å². The van der Waals surface area contributed by atoms with Gasteiger partial charge >= 0.3 is 6.18 Å². The summed E-state index contributed by atoms with van der Waals surface area (Å²) in [5.41, 5.74) is 1.97. The second kappa shape index (κ2) is 6.76. The highest BCUT2D eigenvalue weighted by Crippen LogP contribution is 2.23. The van der Waals surface area contributed by atoms with Gasteiger partial charge in [-0.25, -0.2) is 0 Å². The molecule has 3 rings (SSSR count). The molecule has 1 fully saturated rings. The Labute approximate surface area is 137 Å². The fraction of sp³-hybridized carbons (Fsp3) is 0.533. The number of alkyl halides is 3. The zero-order valence-corrected chi connectivity index (χ0v) is 13.3. The summed E-state index contributed by atoms with van der Waals surface area (Å²) in [5.74, 6) is 0.642. The molecule has 9 heteroatoms. The van der Waals surface area contributed by atoms with Gasteiger partial charge in [0.25, 0.3) is 0 Å². The zero-order valence-electron chi connectivity index (χ0n) is 13.3. The molecule has 0 radical (unpaired) electrons. The molecule has 1 aromatic carbocycles. The van der Waals surface area contributed by atoms with Crippen LogP contribution in [0.3, 0.4) is 0 Å². The topological polar surface area (TPSA) is 58.9 Å². The molecule has 2 heterocycles. The van der Waals surface area contributed by atoms with Crippen molar-refractivity contribution in [2.75, 3.05) is 31.5 Å². The van der Waals surface area contributed by atoms with Gasteiger partial charge in [-0.2, -0.15) is 17.9 Å².